The van der Waals surface area contributed by atoms with Gasteiger partial charge < -0.3 is 19.1 Å². The first-order valence-electron chi connectivity index (χ1n) is 11.4. The first-order valence-corrected chi connectivity index (χ1v) is 12.2. The number of aryl methyl sites for hydroxylation is 1. The number of hydrogen-bond acceptors (Lipinski definition) is 7. The molecule has 9 heteroatoms. The lowest BCUT2D eigenvalue weighted by Crippen LogP contribution is -2.60. The Morgan fingerprint density at radius 3 is 2.58 bits per heavy atom. The van der Waals surface area contributed by atoms with Gasteiger partial charge in [0.25, 0.3) is 5.24 Å². The maximum absolute atomic E-state index is 14.4. The number of rotatable bonds is 6. The molecule has 2 fully saturated rings. The SMILES string of the molecule is CCc1ccc(Oc2ncnc(OC3CC4COCC(C3)N4C(=O)SC(C)C)c2C)c(F)c1. The van der Waals surface area contributed by atoms with Crippen molar-refractivity contribution in [1.82, 2.24) is 14.9 Å². The maximum Gasteiger partial charge on any atom is 0.282 e. The molecule has 2 unspecified atom stereocenters. The fourth-order valence-electron chi connectivity index (χ4n) is 4.27. The zero-order chi connectivity index (χ0) is 23.5. The molecule has 0 N–H and O–H groups in total. The van der Waals surface area contributed by atoms with E-state index in [0.717, 1.165) is 12.0 Å². The van der Waals surface area contributed by atoms with E-state index >= 15 is 0 Å². The fraction of sp³-hybridized carbons (Fsp3) is 0.542. The van der Waals surface area contributed by atoms with E-state index in [1.165, 1.54) is 24.2 Å². The van der Waals surface area contributed by atoms with Gasteiger partial charge in [0, 0.05) is 18.1 Å². The van der Waals surface area contributed by atoms with Crippen LogP contribution in [0, 0.1) is 12.7 Å². The summed E-state index contributed by atoms with van der Waals surface area (Å²) in [6.45, 7) is 8.82. The van der Waals surface area contributed by atoms with E-state index in [0.29, 0.717) is 37.5 Å². The summed E-state index contributed by atoms with van der Waals surface area (Å²) in [7, 11) is 0. The van der Waals surface area contributed by atoms with E-state index in [1.54, 1.807) is 13.0 Å². The molecule has 0 spiro atoms. The summed E-state index contributed by atoms with van der Waals surface area (Å²) < 4.78 is 32.1. The highest BCUT2D eigenvalue weighted by molar-refractivity contribution is 8.14. The number of carbonyl (C=O) groups excluding carboxylic acids is 1. The molecule has 2 bridgehead atoms. The summed E-state index contributed by atoms with van der Waals surface area (Å²) in [5, 5.41) is 0.338. The summed E-state index contributed by atoms with van der Waals surface area (Å²) >= 11 is 1.35. The van der Waals surface area contributed by atoms with E-state index in [2.05, 4.69) is 9.97 Å². The van der Waals surface area contributed by atoms with Crippen molar-refractivity contribution in [2.24, 2.45) is 0 Å². The van der Waals surface area contributed by atoms with Gasteiger partial charge in [0.2, 0.25) is 11.8 Å². The van der Waals surface area contributed by atoms with E-state index in [1.807, 2.05) is 31.7 Å². The molecule has 2 aliphatic heterocycles. The standard InChI is InChI=1S/C24H30FN3O4S/c1-5-16-6-7-21(20(25)8-16)32-23-15(4)22(26-13-27-23)31-19-9-17-11-30-12-18(10-19)28(17)24(29)33-14(2)3/h6-8,13-14,17-19H,5,9-12H2,1-4H3. The van der Waals surface area contributed by atoms with Crippen LogP contribution in [0.15, 0.2) is 24.5 Å². The number of ether oxygens (including phenoxy) is 3. The van der Waals surface area contributed by atoms with Gasteiger partial charge in [0.05, 0.1) is 30.9 Å². The highest BCUT2D eigenvalue weighted by Crippen LogP contribution is 2.35. The second-order valence-corrected chi connectivity index (χ2v) is 10.3. The first-order chi connectivity index (χ1) is 15.9. The molecule has 1 aromatic heterocycles. The van der Waals surface area contributed by atoms with Gasteiger partial charge in [0.15, 0.2) is 11.6 Å². The van der Waals surface area contributed by atoms with Crippen LogP contribution < -0.4 is 9.47 Å². The quantitative estimate of drug-likeness (QED) is 0.572. The second-order valence-electron chi connectivity index (χ2n) is 8.73. The van der Waals surface area contributed by atoms with Crippen LogP contribution in [-0.4, -0.2) is 56.8 Å². The van der Waals surface area contributed by atoms with Crippen LogP contribution in [0.2, 0.25) is 0 Å². The van der Waals surface area contributed by atoms with Crippen molar-refractivity contribution in [3.8, 4) is 17.5 Å². The Kier molecular flexibility index (Phi) is 7.38. The van der Waals surface area contributed by atoms with Crippen molar-refractivity contribution in [1.29, 1.82) is 0 Å². The number of hydrogen-bond donors (Lipinski definition) is 0. The Morgan fingerprint density at radius 1 is 1.24 bits per heavy atom. The van der Waals surface area contributed by atoms with Crippen LogP contribution >= 0.6 is 11.8 Å². The summed E-state index contributed by atoms with van der Waals surface area (Å²) in [5.41, 5.74) is 1.50. The number of aromatic nitrogens is 2. The highest BCUT2D eigenvalue weighted by Gasteiger charge is 2.43. The molecular weight excluding hydrogens is 445 g/mol. The molecule has 2 aliphatic rings. The van der Waals surface area contributed by atoms with Gasteiger partial charge >= 0.3 is 0 Å². The maximum atomic E-state index is 14.4. The third-order valence-electron chi connectivity index (χ3n) is 5.91. The van der Waals surface area contributed by atoms with Crippen molar-refractivity contribution in [2.45, 2.75) is 70.4 Å². The monoisotopic (exact) mass is 475 g/mol. The molecule has 1 amide bonds. The van der Waals surface area contributed by atoms with E-state index in [-0.39, 0.29) is 40.3 Å². The van der Waals surface area contributed by atoms with Gasteiger partial charge in [-0.1, -0.05) is 38.6 Å². The normalized spacial score (nSPS) is 22.4. The Balaban J connectivity index is 1.46. The number of fused-ring (bicyclic) bond motifs is 2. The van der Waals surface area contributed by atoms with Gasteiger partial charge in [0.1, 0.15) is 12.4 Å². The second kappa shape index (κ2) is 10.3. The zero-order valence-corrected chi connectivity index (χ0v) is 20.2. The number of amides is 1. The molecule has 3 heterocycles. The number of nitrogens with zero attached hydrogens (tertiary/aromatic N) is 3. The molecule has 0 radical (unpaired) electrons. The Bertz CT molecular complexity index is 992. The summed E-state index contributed by atoms with van der Waals surface area (Å²) in [6.07, 6.45) is 3.31. The topological polar surface area (TPSA) is 73.8 Å². The lowest BCUT2D eigenvalue weighted by atomic mass is 9.92. The first kappa shape index (κ1) is 23.8. The zero-order valence-electron chi connectivity index (χ0n) is 19.4. The fourth-order valence-corrected chi connectivity index (χ4v) is 5.09. The lowest BCUT2D eigenvalue weighted by molar-refractivity contribution is -0.0738. The van der Waals surface area contributed by atoms with Crippen molar-refractivity contribution in [2.75, 3.05) is 13.2 Å². The number of piperidine rings is 1. The number of morpholine rings is 1. The Morgan fingerprint density at radius 2 is 1.94 bits per heavy atom. The van der Waals surface area contributed by atoms with Crippen LogP contribution in [0.3, 0.4) is 0 Å². The molecular formula is C24H30FN3O4S. The van der Waals surface area contributed by atoms with Crippen LogP contribution in [0.5, 0.6) is 17.5 Å². The van der Waals surface area contributed by atoms with E-state index in [9.17, 15) is 9.18 Å². The largest absolute Gasteiger partial charge is 0.474 e. The van der Waals surface area contributed by atoms with Crippen molar-refractivity contribution in [3.63, 3.8) is 0 Å². The predicted molar refractivity (Wildman–Crippen MR) is 125 cm³/mol. The molecule has 2 aromatic rings. The van der Waals surface area contributed by atoms with Crippen LogP contribution in [-0.2, 0) is 11.2 Å². The molecule has 4 rings (SSSR count). The summed E-state index contributed by atoms with van der Waals surface area (Å²) in [4.78, 5) is 23.2. The van der Waals surface area contributed by atoms with E-state index < -0.39 is 5.82 Å². The molecule has 178 valence electrons. The van der Waals surface area contributed by atoms with Gasteiger partial charge in [-0.15, -0.1) is 0 Å². The summed E-state index contributed by atoms with van der Waals surface area (Å²) in [5.74, 6) is 0.346. The smallest absolute Gasteiger partial charge is 0.282 e. The Labute approximate surface area is 198 Å². The molecule has 2 atom stereocenters. The highest BCUT2D eigenvalue weighted by atomic mass is 32.2. The lowest BCUT2D eigenvalue weighted by Gasteiger charge is -2.48. The average Bonchev–Trinajstić information content (AvgIpc) is 2.76. The van der Waals surface area contributed by atoms with Crippen LogP contribution in [0.4, 0.5) is 9.18 Å². The van der Waals surface area contributed by atoms with Gasteiger partial charge in [-0.05, 0) is 31.0 Å². The minimum absolute atomic E-state index is 0.0229. The number of thioether (sulfide) groups is 1. The number of benzene rings is 1. The number of halogens is 1. The van der Waals surface area contributed by atoms with Gasteiger partial charge in [-0.3, -0.25) is 4.79 Å². The molecule has 2 saturated heterocycles. The van der Waals surface area contributed by atoms with E-state index in [4.69, 9.17) is 14.2 Å². The van der Waals surface area contributed by atoms with Crippen molar-refractivity contribution in [3.05, 3.63) is 41.5 Å². The minimum atomic E-state index is -0.432. The van der Waals surface area contributed by atoms with Gasteiger partial charge in [-0.2, -0.15) is 0 Å². The van der Waals surface area contributed by atoms with Crippen molar-refractivity contribution >= 4 is 17.0 Å². The molecule has 33 heavy (non-hydrogen) atoms. The van der Waals surface area contributed by atoms with Crippen LogP contribution in [0.25, 0.3) is 0 Å². The van der Waals surface area contributed by atoms with Crippen LogP contribution in [0.1, 0.15) is 44.7 Å². The summed E-state index contributed by atoms with van der Waals surface area (Å²) in [6, 6.07) is 4.87. The van der Waals surface area contributed by atoms with Gasteiger partial charge in [-0.25, -0.2) is 14.4 Å². The number of carbonyl (C=O) groups is 1. The molecule has 0 saturated carbocycles. The third kappa shape index (κ3) is 5.41. The Hall–Kier alpha value is -2.39. The molecule has 7 nitrogen and oxygen atoms in total. The molecule has 0 aliphatic carbocycles. The van der Waals surface area contributed by atoms with Crippen molar-refractivity contribution < 1.29 is 23.4 Å². The minimum Gasteiger partial charge on any atom is -0.474 e. The average molecular weight is 476 g/mol. The molecule has 1 aromatic carbocycles. The third-order valence-corrected chi connectivity index (χ3v) is 6.79. The predicted octanol–water partition coefficient (Wildman–Crippen LogP) is 5.15.